The second-order valence-electron chi connectivity index (χ2n) is 8.58. The Labute approximate surface area is 164 Å². The van der Waals surface area contributed by atoms with Crippen LogP contribution < -0.4 is 4.90 Å². The van der Waals surface area contributed by atoms with Gasteiger partial charge in [-0.15, -0.1) is 0 Å². The molecule has 1 atom stereocenters. The predicted molar refractivity (Wildman–Crippen MR) is 106 cm³/mol. The highest BCUT2D eigenvalue weighted by molar-refractivity contribution is 6.31. The molecule has 2 aromatic rings. The fourth-order valence-electron chi connectivity index (χ4n) is 3.57. The molecule has 1 saturated heterocycles. The van der Waals surface area contributed by atoms with Crippen LogP contribution in [0.2, 0.25) is 5.02 Å². The van der Waals surface area contributed by atoms with Gasteiger partial charge in [0.1, 0.15) is 11.1 Å². The second-order valence-corrected chi connectivity index (χ2v) is 9.02. The zero-order chi connectivity index (χ0) is 19.3. The molecule has 1 amide bonds. The van der Waals surface area contributed by atoms with E-state index in [4.69, 9.17) is 20.8 Å². The maximum atomic E-state index is 12.3. The number of benzene rings is 1. The molecule has 0 spiro atoms. The minimum Gasteiger partial charge on any atom is -0.444 e. The quantitative estimate of drug-likeness (QED) is 0.735. The van der Waals surface area contributed by atoms with Crippen molar-refractivity contribution in [3.63, 3.8) is 0 Å². The number of carbonyl (C=O) groups is 1. The van der Waals surface area contributed by atoms with Crippen LogP contribution in [0.3, 0.4) is 0 Å². The van der Waals surface area contributed by atoms with Crippen LogP contribution in [0.5, 0.6) is 0 Å². The lowest BCUT2D eigenvalue weighted by atomic mass is 10.1. The number of piperazine rings is 1. The minimum absolute atomic E-state index is 0.0826. The Morgan fingerprint density at radius 1 is 1.30 bits per heavy atom. The number of aromatic nitrogens is 1. The third-order valence-electron chi connectivity index (χ3n) is 5.01. The number of fused-ring (bicyclic) bond motifs is 1. The van der Waals surface area contributed by atoms with Gasteiger partial charge in [0, 0.05) is 36.3 Å². The van der Waals surface area contributed by atoms with Gasteiger partial charge in [0.15, 0.2) is 5.58 Å². The maximum Gasteiger partial charge on any atom is 0.410 e. The fourth-order valence-corrected chi connectivity index (χ4v) is 3.79. The smallest absolute Gasteiger partial charge is 0.410 e. The van der Waals surface area contributed by atoms with Crippen molar-refractivity contribution in [2.45, 2.75) is 58.1 Å². The van der Waals surface area contributed by atoms with Crippen LogP contribution in [0.25, 0.3) is 11.1 Å². The number of amides is 1. The Balaban J connectivity index is 1.53. The molecule has 27 heavy (non-hydrogen) atoms. The summed E-state index contributed by atoms with van der Waals surface area (Å²) in [6.07, 6.45) is 2.08. The van der Waals surface area contributed by atoms with Crippen LogP contribution >= 0.6 is 11.6 Å². The number of oxazole rings is 1. The van der Waals surface area contributed by atoms with Crippen molar-refractivity contribution in [3.8, 4) is 0 Å². The summed E-state index contributed by atoms with van der Waals surface area (Å²) >= 11 is 6.27. The second kappa shape index (κ2) is 6.59. The Morgan fingerprint density at radius 2 is 2.04 bits per heavy atom. The molecule has 2 fully saturated rings. The number of hydrogen-bond acceptors (Lipinski definition) is 5. The van der Waals surface area contributed by atoms with Crippen LogP contribution in [0.1, 0.15) is 52.0 Å². The number of halogens is 1. The molecule has 7 heteroatoms. The Morgan fingerprint density at radius 3 is 2.67 bits per heavy atom. The molecule has 6 nitrogen and oxygen atoms in total. The molecule has 0 N–H and O–H groups in total. The highest BCUT2D eigenvalue weighted by Crippen LogP contribution is 2.45. The van der Waals surface area contributed by atoms with E-state index in [-0.39, 0.29) is 12.1 Å². The van der Waals surface area contributed by atoms with Crippen molar-refractivity contribution in [1.82, 2.24) is 9.88 Å². The Bertz CT molecular complexity index is 869. The van der Waals surface area contributed by atoms with Crippen LogP contribution in [0, 0.1) is 0 Å². The average Bonchev–Trinajstić information content (AvgIpc) is 3.32. The van der Waals surface area contributed by atoms with Gasteiger partial charge in [-0.05, 0) is 58.6 Å². The normalized spacial score (nSPS) is 21.0. The van der Waals surface area contributed by atoms with E-state index in [1.165, 1.54) is 12.8 Å². The monoisotopic (exact) mass is 391 g/mol. The van der Waals surface area contributed by atoms with Gasteiger partial charge >= 0.3 is 6.09 Å². The highest BCUT2D eigenvalue weighted by Gasteiger charge is 2.33. The zero-order valence-corrected chi connectivity index (χ0v) is 17.0. The molecule has 1 aliphatic carbocycles. The summed E-state index contributed by atoms with van der Waals surface area (Å²) in [5.74, 6) is 0.536. The SMILES string of the molecule is CC1CN(C(=O)OC(C)(C)C)CCN1c1nc2cc(Cl)cc(C3CC3)c2o1. The van der Waals surface area contributed by atoms with Gasteiger partial charge in [0.25, 0.3) is 6.01 Å². The van der Waals surface area contributed by atoms with E-state index in [1.807, 2.05) is 32.9 Å². The van der Waals surface area contributed by atoms with Crippen molar-refractivity contribution >= 4 is 34.8 Å². The van der Waals surface area contributed by atoms with Gasteiger partial charge in [0.2, 0.25) is 0 Å². The van der Waals surface area contributed by atoms with Gasteiger partial charge < -0.3 is 19.0 Å². The lowest BCUT2D eigenvalue weighted by Gasteiger charge is -2.39. The van der Waals surface area contributed by atoms with Crippen molar-refractivity contribution in [2.75, 3.05) is 24.5 Å². The first-order valence-electron chi connectivity index (χ1n) is 9.56. The van der Waals surface area contributed by atoms with E-state index in [2.05, 4.69) is 16.8 Å². The molecule has 1 aromatic heterocycles. The van der Waals surface area contributed by atoms with E-state index in [0.29, 0.717) is 36.6 Å². The number of ether oxygens (including phenoxy) is 1. The summed E-state index contributed by atoms with van der Waals surface area (Å²) in [7, 11) is 0. The first-order chi connectivity index (χ1) is 12.7. The van der Waals surface area contributed by atoms with E-state index in [9.17, 15) is 4.79 Å². The molecular weight excluding hydrogens is 366 g/mol. The minimum atomic E-state index is -0.490. The molecule has 0 bridgehead atoms. The number of anilines is 1. The third-order valence-corrected chi connectivity index (χ3v) is 5.23. The van der Waals surface area contributed by atoms with Gasteiger partial charge in [-0.1, -0.05) is 11.6 Å². The molecule has 1 saturated carbocycles. The predicted octanol–water partition coefficient (Wildman–Crippen LogP) is 4.80. The standard InChI is InChI=1S/C20H26ClN3O3/c1-12-11-23(19(25)27-20(2,3)4)7-8-24(12)18-22-16-10-14(21)9-15(13-5-6-13)17(16)26-18/h9-10,12-13H,5-8,11H2,1-4H3. The van der Waals surface area contributed by atoms with Crippen molar-refractivity contribution < 1.29 is 13.9 Å². The largest absolute Gasteiger partial charge is 0.444 e. The van der Waals surface area contributed by atoms with Gasteiger partial charge in [-0.3, -0.25) is 0 Å². The summed E-state index contributed by atoms with van der Waals surface area (Å²) in [6, 6.07) is 4.54. The number of rotatable bonds is 2. The molecule has 1 unspecified atom stereocenters. The van der Waals surface area contributed by atoms with Crippen LogP contribution in [0.15, 0.2) is 16.5 Å². The lowest BCUT2D eigenvalue weighted by Crippen LogP contribution is -2.54. The average molecular weight is 392 g/mol. The zero-order valence-electron chi connectivity index (χ0n) is 16.3. The lowest BCUT2D eigenvalue weighted by molar-refractivity contribution is 0.0216. The number of hydrogen-bond donors (Lipinski definition) is 0. The molecule has 2 heterocycles. The Kier molecular flexibility index (Phi) is 4.49. The topological polar surface area (TPSA) is 58.8 Å². The Hall–Kier alpha value is -1.95. The van der Waals surface area contributed by atoms with Gasteiger partial charge in [-0.25, -0.2) is 4.79 Å². The summed E-state index contributed by atoms with van der Waals surface area (Å²) in [4.78, 5) is 20.9. The molecule has 1 aliphatic heterocycles. The van der Waals surface area contributed by atoms with Crippen LogP contribution in [-0.4, -0.2) is 47.3 Å². The summed E-state index contributed by atoms with van der Waals surface area (Å²) < 4.78 is 11.7. The summed E-state index contributed by atoms with van der Waals surface area (Å²) in [5, 5.41) is 0.701. The first-order valence-corrected chi connectivity index (χ1v) is 9.93. The van der Waals surface area contributed by atoms with Crippen LogP contribution in [0.4, 0.5) is 10.8 Å². The molecule has 1 aromatic carbocycles. The van der Waals surface area contributed by atoms with E-state index < -0.39 is 5.60 Å². The van der Waals surface area contributed by atoms with E-state index in [0.717, 1.165) is 16.7 Å². The molecule has 2 aliphatic rings. The third kappa shape index (κ3) is 3.86. The number of carbonyl (C=O) groups excluding carboxylic acids is 1. The van der Waals surface area contributed by atoms with Gasteiger partial charge in [0.05, 0.1) is 0 Å². The number of nitrogens with zero attached hydrogens (tertiary/aromatic N) is 3. The summed E-state index contributed by atoms with van der Waals surface area (Å²) in [5.41, 5.74) is 2.33. The van der Waals surface area contributed by atoms with Crippen molar-refractivity contribution in [2.24, 2.45) is 0 Å². The molecule has 4 rings (SSSR count). The van der Waals surface area contributed by atoms with E-state index >= 15 is 0 Å². The van der Waals surface area contributed by atoms with Crippen molar-refractivity contribution in [1.29, 1.82) is 0 Å². The highest BCUT2D eigenvalue weighted by atomic mass is 35.5. The van der Waals surface area contributed by atoms with Crippen LogP contribution in [-0.2, 0) is 4.74 Å². The maximum absolute atomic E-state index is 12.3. The fraction of sp³-hybridized carbons (Fsp3) is 0.600. The molecule has 0 radical (unpaired) electrons. The van der Waals surface area contributed by atoms with Gasteiger partial charge in [-0.2, -0.15) is 4.98 Å². The molecule has 146 valence electrons. The summed E-state index contributed by atoms with van der Waals surface area (Å²) in [6.45, 7) is 9.51. The molecular formula is C20H26ClN3O3. The van der Waals surface area contributed by atoms with E-state index in [1.54, 1.807) is 4.90 Å². The van der Waals surface area contributed by atoms with Crippen molar-refractivity contribution in [3.05, 3.63) is 22.7 Å². The first kappa shape index (κ1) is 18.4.